The first-order valence-corrected chi connectivity index (χ1v) is 7.88. The Kier molecular flexibility index (Phi) is 6.44. The molecule has 1 unspecified atom stereocenters. The molecule has 0 amide bonds. The van der Waals surface area contributed by atoms with Crippen LogP contribution in [0.1, 0.15) is 25.5 Å². The van der Waals surface area contributed by atoms with E-state index in [0.29, 0.717) is 5.56 Å². The van der Waals surface area contributed by atoms with Crippen molar-refractivity contribution >= 4 is 10.0 Å². The summed E-state index contributed by atoms with van der Waals surface area (Å²) in [4.78, 5) is 0. The largest absolute Gasteiger partial charge is 0.387 e. The predicted molar refractivity (Wildman–Crippen MR) is 74.3 cm³/mol. The Hall–Kier alpha value is -0.950. The summed E-state index contributed by atoms with van der Waals surface area (Å²) >= 11 is 0. The van der Waals surface area contributed by atoms with Gasteiger partial charge in [0.15, 0.2) is 0 Å². The standard InChI is InChI=1S/C13H21NO4S/c1-11(2)18-8-9-19(16,17)14-10-13(15)12-6-4-3-5-7-12/h3-7,11,13-15H,8-10H2,1-2H3. The molecule has 5 nitrogen and oxygen atoms in total. The van der Waals surface area contributed by atoms with Gasteiger partial charge in [0.25, 0.3) is 0 Å². The van der Waals surface area contributed by atoms with Crippen LogP contribution in [0.2, 0.25) is 0 Å². The smallest absolute Gasteiger partial charge is 0.213 e. The zero-order valence-corrected chi connectivity index (χ0v) is 12.1. The molecule has 0 saturated carbocycles. The fourth-order valence-electron chi connectivity index (χ4n) is 1.46. The SMILES string of the molecule is CC(C)OCCS(=O)(=O)NCC(O)c1ccccc1. The molecule has 0 radical (unpaired) electrons. The quantitative estimate of drug-likeness (QED) is 0.750. The summed E-state index contributed by atoms with van der Waals surface area (Å²) in [6, 6.07) is 8.93. The van der Waals surface area contributed by atoms with Gasteiger partial charge in [0, 0.05) is 6.54 Å². The monoisotopic (exact) mass is 287 g/mol. The van der Waals surface area contributed by atoms with E-state index in [9.17, 15) is 13.5 Å². The first-order chi connectivity index (χ1) is 8.91. The first kappa shape index (κ1) is 16.1. The molecular weight excluding hydrogens is 266 g/mol. The van der Waals surface area contributed by atoms with Crippen LogP contribution < -0.4 is 4.72 Å². The first-order valence-electron chi connectivity index (χ1n) is 6.22. The van der Waals surface area contributed by atoms with Gasteiger partial charge < -0.3 is 9.84 Å². The van der Waals surface area contributed by atoms with E-state index in [1.165, 1.54) is 0 Å². The van der Waals surface area contributed by atoms with E-state index in [-0.39, 0.29) is 25.0 Å². The Morgan fingerprint density at radius 1 is 1.26 bits per heavy atom. The van der Waals surface area contributed by atoms with E-state index in [1.54, 1.807) is 24.3 Å². The third kappa shape index (κ3) is 6.68. The third-order valence-corrected chi connectivity index (χ3v) is 3.79. The predicted octanol–water partition coefficient (Wildman–Crippen LogP) is 1.06. The van der Waals surface area contributed by atoms with Crippen molar-refractivity contribution in [2.45, 2.75) is 26.1 Å². The number of hydrogen-bond donors (Lipinski definition) is 2. The summed E-state index contributed by atoms with van der Waals surface area (Å²) in [6.45, 7) is 3.81. The van der Waals surface area contributed by atoms with Gasteiger partial charge >= 0.3 is 0 Å². The minimum absolute atomic E-state index is 0.00473. The van der Waals surface area contributed by atoms with Crippen LogP contribution in [0.3, 0.4) is 0 Å². The minimum Gasteiger partial charge on any atom is -0.387 e. The average molecular weight is 287 g/mol. The second kappa shape index (κ2) is 7.59. The topological polar surface area (TPSA) is 75.6 Å². The van der Waals surface area contributed by atoms with Crippen LogP contribution >= 0.6 is 0 Å². The zero-order valence-electron chi connectivity index (χ0n) is 11.2. The van der Waals surface area contributed by atoms with E-state index in [1.807, 2.05) is 19.9 Å². The lowest BCUT2D eigenvalue weighted by Gasteiger charge is -2.13. The molecule has 0 aromatic heterocycles. The molecule has 0 aliphatic rings. The fraction of sp³-hybridized carbons (Fsp3) is 0.538. The van der Waals surface area contributed by atoms with E-state index in [4.69, 9.17) is 4.74 Å². The van der Waals surface area contributed by atoms with Crippen molar-refractivity contribution in [1.29, 1.82) is 0 Å². The van der Waals surface area contributed by atoms with Crippen molar-refractivity contribution in [2.75, 3.05) is 18.9 Å². The average Bonchev–Trinajstić information content (AvgIpc) is 2.36. The molecule has 0 bridgehead atoms. The van der Waals surface area contributed by atoms with Crippen LogP contribution in [-0.4, -0.2) is 38.5 Å². The summed E-state index contributed by atoms with van der Waals surface area (Å²) in [5.41, 5.74) is 0.684. The molecule has 1 rings (SSSR count). The summed E-state index contributed by atoms with van der Waals surface area (Å²) < 4.78 is 30.9. The minimum atomic E-state index is -3.42. The molecule has 6 heteroatoms. The zero-order chi connectivity index (χ0) is 14.3. The summed E-state index contributed by atoms with van der Waals surface area (Å²) in [7, 11) is -3.42. The van der Waals surface area contributed by atoms with Gasteiger partial charge in [0.1, 0.15) is 0 Å². The molecule has 0 fully saturated rings. The number of aliphatic hydroxyl groups excluding tert-OH is 1. The second-order valence-corrected chi connectivity index (χ2v) is 6.44. The van der Waals surface area contributed by atoms with E-state index in [0.717, 1.165) is 0 Å². The highest BCUT2D eigenvalue weighted by molar-refractivity contribution is 7.89. The van der Waals surface area contributed by atoms with Crippen LogP contribution in [0.15, 0.2) is 30.3 Å². The Morgan fingerprint density at radius 3 is 2.47 bits per heavy atom. The molecule has 1 aromatic carbocycles. The molecule has 108 valence electrons. The van der Waals surface area contributed by atoms with Crippen LogP contribution in [-0.2, 0) is 14.8 Å². The molecule has 19 heavy (non-hydrogen) atoms. The molecule has 0 spiro atoms. The van der Waals surface area contributed by atoms with Crippen molar-refractivity contribution in [2.24, 2.45) is 0 Å². The maximum atomic E-state index is 11.6. The molecule has 0 aliphatic carbocycles. The summed E-state index contributed by atoms with van der Waals surface area (Å²) in [5.74, 6) is -0.104. The lowest BCUT2D eigenvalue weighted by molar-refractivity contribution is 0.0910. The Morgan fingerprint density at radius 2 is 1.89 bits per heavy atom. The highest BCUT2D eigenvalue weighted by Crippen LogP contribution is 2.10. The van der Waals surface area contributed by atoms with Crippen LogP contribution in [0, 0.1) is 0 Å². The number of nitrogens with one attached hydrogen (secondary N) is 1. The van der Waals surface area contributed by atoms with Crippen molar-refractivity contribution in [3.63, 3.8) is 0 Å². The highest BCUT2D eigenvalue weighted by Gasteiger charge is 2.14. The number of benzene rings is 1. The molecule has 1 aromatic rings. The van der Waals surface area contributed by atoms with Crippen LogP contribution in [0.4, 0.5) is 0 Å². The van der Waals surface area contributed by atoms with Crippen LogP contribution in [0.5, 0.6) is 0 Å². The lowest BCUT2D eigenvalue weighted by atomic mass is 10.1. The van der Waals surface area contributed by atoms with Crippen molar-refractivity contribution in [3.8, 4) is 0 Å². The van der Waals surface area contributed by atoms with E-state index in [2.05, 4.69) is 4.72 Å². The highest BCUT2D eigenvalue weighted by atomic mass is 32.2. The Balaban J connectivity index is 2.38. The van der Waals surface area contributed by atoms with Crippen molar-refractivity contribution in [3.05, 3.63) is 35.9 Å². The Labute approximate surface area is 114 Å². The molecule has 2 N–H and O–H groups in total. The van der Waals surface area contributed by atoms with E-state index < -0.39 is 16.1 Å². The molecule has 1 atom stereocenters. The second-order valence-electron chi connectivity index (χ2n) is 4.51. The van der Waals surface area contributed by atoms with Gasteiger partial charge in [0.05, 0.1) is 24.6 Å². The molecule has 0 saturated heterocycles. The number of aliphatic hydroxyl groups is 1. The summed E-state index contributed by atoms with van der Waals surface area (Å²) in [5, 5.41) is 9.84. The summed E-state index contributed by atoms with van der Waals surface area (Å²) in [6.07, 6.45) is -0.841. The van der Waals surface area contributed by atoms with Crippen molar-refractivity contribution in [1.82, 2.24) is 4.72 Å². The normalized spacial score (nSPS) is 13.7. The maximum absolute atomic E-state index is 11.6. The number of rotatable bonds is 8. The molecule has 0 aliphatic heterocycles. The van der Waals surface area contributed by atoms with Gasteiger partial charge in [-0.05, 0) is 19.4 Å². The van der Waals surface area contributed by atoms with Gasteiger partial charge in [-0.25, -0.2) is 13.1 Å². The molecular formula is C13H21NO4S. The number of hydrogen-bond acceptors (Lipinski definition) is 4. The lowest BCUT2D eigenvalue weighted by Crippen LogP contribution is -2.32. The number of ether oxygens (including phenoxy) is 1. The third-order valence-electron chi connectivity index (χ3n) is 2.48. The van der Waals surface area contributed by atoms with Gasteiger partial charge in [-0.2, -0.15) is 0 Å². The fourth-order valence-corrected chi connectivity index (χ4v) is 2.34. The van der Waals surface area contributed by atoms with Gasteiger partial charge in [-0.3, -0.25) is 0 Å². The van der Waals surface area contributed by atoms with E-state index >= 15 is 0 Å². The van der Waals surface area contributed by atoms with Gasteiger partial charge in [-0.1, -0.05) is 30.3 Å². The molecule has 0 heterocycles. The Bertz CT molecular complexity index is 459. The maximum Gasteiger partial charge on any atom is 0.213 e. The van der Waals surface area contributed by atoms with Crippen LogP contribution in [0.25, 0.3) is 0 Å². The number of sulfonamides is 1. The van der Waals surface area contributed by atoms with Gasteiger partial charge in [0.2, 0.25) is 10.0 Å². The van der Waals surface area contributed by atoms with Gasteiger partial charge in [-0.15, -0.1) is 0 Å². The van der Waals surface area contributed by atoms with Crippen molar-refractivity contribution < 1.29 is 18.3 Å².